The van der Waals surface area contributed by atoms with Gasteiger partial charge in [-0.2, -0.15) is 16.9 Å². The fraction of sp³-hybridized carbons (Fsp3) is 0.357. The van der Waals surface area contributed by atoms with Crippen LogP contribution in [0.25, 0.3) is 5.69 Å². The summed E-state index contributed by atoms with van der Waals surface area (Å²) < 4.78 is 7.35. The molecule has 0 saturated carbocycles. The van der Waals surface area contributed by atoms with Crippen LogP contribution in [0.2, 0.25) is 5.02 Å². The molecular weight excluding hydrogens is 294 g/mol. The number of benzene rings is 1. The minimum atomic E-state index is 0.675. The summed E-state index contributed by atoms with van der Waals surface area (Å²) in [5.41, 5.74) is 3.32. The fourth-order valence-electron chi connectivity index (χ4n) is 2.50. The molecule has 0 fully saturated rings. The van der Waals surface area contributed by atoms with E-state index in [1.807, 2.05) is 22.9 Å². The molecule has 1 aliphatic rings. The van der Waals surface area contributed by atoms with Crippen LogP contribution in [0.5, 0.6) is 5.75 Å². The predicted octanol–water partition coefficient (Wildman–Crippen LogP) is 3.37. The minimum absolute atomic E-state index is 0.675. The van der Waals surface area contributed by atoms with Crippen LogP contribution in [0, 0.1) is 0 Å². The zero-order valence-electron chi connectivity index (χ0n) is 11.4. The number of methoxy groups -OCH3 is 1. The Hall–Kier alpha value is -1.33. The van der Waals surface area contributed by atoms with E-state index in [2.05, 4.69) is 11.6 Å². The van der Waals surface area contributed by atoms with Gasteiger partial charge in [-0.3, -0.25) is 0 Å². The first-order valence-electron chi connectivity index (χ1n) is 6.42. The third kappa shape index (κ3) is 2.25. The SMILES string of the molecule is COc1ccc(Cl)cc1-n1nc(CSC)c2c1NCC2. The molecule has 1 aromatic heterocycles. The van der Waals surface area contributed by atoms with Crippen molar-refractivity contribution in [2.75, 3.05) is 25.2 Å². The lowest BCUT2D eigenvalue weighted by Gasteiger charge is -2.11. The van der Waals surface area contributed by atoms with E-state index in [0.717, 1.165) is 41.7 Å². The largest absolute Gasteiger partial charge is 0.494 e. The third-order valence-corrected chi connectivity index (χ3v) is 4.18. The van der Waals surface area contributed by atoms with Crippen LogP contribution in [-0.2, 0) is 12.2 Å². The number of halogens is 1. The van der Waals surface area contributed by atoms with Gasteiger partial charge in [0.1, 0.15) is 17.3 Å². The maximum atomic E-state index is 6.12. The molecule has 0 saturated heterocycles. The number of nitrogens with one attached hydrogen (secondary N) is 1. The van der Waals surface area contributed by atoms with Gasteiger partial charge in [0.15, 0.2) is 0 Å². The summed E-state index contributed by atoms with van der Waals surface area (Å²) in [4.78, 5) is 0. The van der Waals surface area contributed by atoms with Gasteiger partial charge >= 0.3 is 0 Å². The molecule has 0 atom stereocenters. The normalized spacial score (nSPS) is 13.2. The number of thioether (sulfide) groups is 1. The highest BCUT2D eigenvalue weighted by Gasteiger charge is 2.24. The van der Waals surface area contributed by atoms with E-state index in [0.29, 0.717) is 5.02 Å². The van der Waals surface area contributed by atoms with Gasteiger partial charge < -0.3 is 10.1 Å². The third-order valence-electron chi connectivity index (χ3n) is 3.38. The van der Waals surface area contributed by atoms with E-state index in [-0.39, 0.29) is 0 Å². The number of fused-ring (bicyclic) bond motifs is 1. The Bertz CT molecular complexity index is 642. The highest BCUT2D eigenvalue weighted by atomic mass is 35.5. The van der Waals surface area contributed by atoms with E-state index in [4.69, 9.17) is 21.4 Å². The summed E-state index contributed by atoms with van der Waals surface area (Å²) in [5.74, 6) is 2.75. The van der Waals surface area contributed by atoms with Crippen LogP contribution in [0.15, 0.2) is 18.2 Å². The molecule has 1 aromatic carbocycles. The molecule has 1 aliphatic heterocycles. The Morgan fingerprint density at radius 2 is 2.35 bits per heavy atom. The van der Waals surface area contributed by atoms with Crippen LogP contribution in [0.3, 0.4) is 0 Å². The molecule has 4 nitrogen and oxygen atoms in total. The second-order valence-corrected chi connectivity index (χ2v) is 5.91. The maximum Gasteiger partial charge on any atom is 0.144 e. The van der Waals surface area contributed by atoms with Crippen LogP contribution < -0.4 is 10.1 Å². The van der Waals surface area contributed by atoms with Crippen LogP contribution in [0.4, 0.5) is 5.82 Å². The van der Waals surface area contributed by atoms with Crippen molar-refractivity contribution in [3.63, 3.8) is 0 Å². The van der Waals surface area contributed by atoms with Gasteiger partial charge in [-0.15, -0.1) is 0 Å². The standard InChI is InChI=1S/C14H16ClN3OS/c1-19-13-4-3-9(15)7-12(13)18-14-10(5-6-16-14)11(17-18)8-20-2/h3-4,7,16H,5-6,8H2,1-2H3. The molecule has 6 heteroatoms. The number of hydrogen-bond acceptors (Lipinski definition) is 4. The van der Waals surface area contributed by atoms with Crippen LogP contribution in [-0.4, -0.2) is 29.7 Å². The lowest BCUT2D eigenvalue weighted by Crippen LogP contribution is -2.06. The second-order valence-electron chi connectivity index (χ2n) is 4.61. The van der Waals surface area contributed by atoms with Crippen molar-refractivity contribution in [3.05, 3.63) is 34.5 Å². The highest BCUT2D eigenvalue weighted by Crippen LogP contribution is 2.34. The number of anilines is 1. The molecule has 0 unspecified atom stereocenters. The molecule has 0 spiro atoms. The minimum Gasteiger partial charge on any atom is -0.494 e. The number of rotatable bonds is 4. The average molecular weight is 310 g/mol. The lowest BCUT2D eigenvalue weighted by molar-refractivity contribution is 0.412. The van der Waals surface area contributed by atoms with Gasteiger partial charge in [0.25, 0.3) is 0 Å². The quantitative estimate of drug-likeness (QED) is 0.940. The number of ether oxygens (including phenoxy) is 1. The molecule has 0 bridgehead atoms. The smallest absolute Gasteiger partial charge is 0.144 e. The molecule has 2 aromatic rings. The Balaban J connectivity index is 2.15. The highest BCUT2D eigenvalue weighted by molar-refractivity contribution is 7.97. The first kappa shape index (κ1) is 13.6. The molecule has 106 valence electrons. The van der Waals surface area contributed by atoms with E-state index in [1.54, 1.807) is 18.9 Å². The summed E-state index contributed by atoms with van der Waals surface area (Å²) in [5, 5.41) is 8.82. The van der Waals surface area contributed by atoms with Gasteiger partial charge in [0.2, 0.25) is 0 Å². The first-order valence-corrected chi connectivity index (χ1v) is 8.19. The fourth-order valence-corrected chi connectivity index (χ4v) is 3.17. The molecule has 0 radical (unpaired) electrons. The summed E-state index contributed by atoms with van der Waals surface area (Å²) in [7, 11) is 1.66. The zero-order chi connectivity index (χ0) is 14.1. The molecular formula is C14H16ClN3OS. The monoisotopic (exact) mass is 309 g/mol. The number of hydrogen-bond donors (Lipinski definition) is 1. The van der Waals surface area contributed by atoms with Crippen molar-refractivity contribution in [1.82, 2.24) is 9.78 Å². The predicted molar refractivity (Wildman–Crippen MR) is 84.5 cm³/mol. The number of aromatic nitrogens is 2. The van der Waals surface area contributed by atoms with Gasteiger partial charge in [0.05, 0.1) is 12.8 Å². The van der Waals surface area contributed by atoms with E-state index in [1.165, 1.54) is 5.56 Å². The molecule has 3 rings (SSSR count). The summed E-state index contributed by atoms with van der Waals surface area (Å²) in [6.07, 6.45) is 3.11. The Kier molecular flexibility index (Phi) is 3.81. The van der Waals surface area contributed by atoms with Gasteiger partial charge in [0, 0.05) is 22.9 Å². The first-order chi connectivity index (χ1) is 9.74. The van der Waals surface area contributed by atoms with Crippen molar-refractivity contribution in [2.45, 2.75) is 12.2 Å². The summed E-state index contributed by atoms with van der Waals surface area (Å²) in [6.45, 7) is 0.956. The average Bonchev–Trinajstić information content (AvgIpc) is 3.03. The van der Waals surface area contributed by atoms with Crippen molar-refractivity contribution in [2.24, 2.45) is 0 Å². The van der Waals surface area contributed by atoms with Crippen LogP contribution >= 0.6 is 23.4 Å². The topological polar surface area (TPSA) is 39.1 Å². The van der Waals surface area contributed by atoms with E-state index < -0.39 is 0 Å². The molecule has 1 N–H and O–H groups in total. The van der Waals surface area contributed by atoms with Crippen molar-refractivity contribution in [1.29, 1.82) is 0 Å². The van der Waals surface area contributed by atoms with Crippen molar-refractivity contribution < 1.29 is 4.74 Å². The zero-order valence-corrected chi connectivity index (χ0v) is 13.0. The maximum absolute atomic E-state index is 6.12. The molecule has 2 heterocycles. The van der Waals surface area contributed by atoms with E-state index >= 15 is 0 Å². The second kappa shape index (κ2) is 5.58. The van der Waals surface area contributed by atoms with Gasteiger partial charge in [-0.05, 0) is 30.9 Å². The molecule has 0 amide bonds. The molecule has 20 heavy (non-hydrogen) atoms. The van der Waals surface area contributed by atoms with E-state index in [9.17, 15) is 0 Å². The van der Waals surface area contributed by atoms with Gasteiger partial charge in [-0.25, -0.2) is 4.68 Å². The number of nitrogens with zero attached hydrogens (tertiary/aromatic N) is 2. The van der Waals surface area contributed by atoms with Gasteiger partial charge in [-0.1, -0.05) is 11.6 Å². The Morgan fingerprint density at radius 3 is 3.10 bits per heavy atom. The Labute approximate surface area is 127 Å². The van der Waals surface area contributed by atoms with Crippen LogP contribution in [0.1, 0.15) is 11.3 Å². The summed E-state index contributed by atoms with van der Waals surface area (Å²) in [6, 6.07) is 5.58. The Morgan fingerprint density at radius 1 is 1.50 bits per heavy atom. The molecule has 0 aliphatic carbocycles. The summed E-state index contributed by atoms with van der Waals surface area (Å²) >= 11 is 7.90. The van der Waals surface area contributed by atoms with Crippen molar-refractivity contribution in [3.8, 4) is 11.4 Å². The van der Waals surface area contributed by atoms with Crippen molar-refractivity contribution >= 4 is 29.2 Å². The lowest BCUT2D eigenvalue weighted by atomic mass is 10.2.